The molecule has 0 bridgehead atoms. The smallest absolute Gasteiger partial charge is 0.160 e. The quantitative estimate of drug-likeness (QED) is 0.854. The fourth-order valence-corrected chi connectivity index (χ4v) is 2.22. The predicted octanol–water partition coefficient (Wildman–Crippen LogP) is 2.54. The molecule has 1 aromatic carbocycles. The molecule has 17 heavy (non-hydrogen) atoms. The molecule has 0 radical (unpaired) electrons. The Hall–Kier alpha value is -1.16. The molecule has 1 aliphatic heterocycles. The second-order valence-corrected chi connectivity index (χ2v) is 4.43. The first kappa shape index (κ1) is 12.3. The van der Waals surface area contributed by atoms with Crippen LogP contribution in [0.2, 0.25) is 0 Å². The summed E-state index contributed by atoms with van der Waals surface area (Å²) < 4.78 is 26.0. The molecule has 0 aliphatic carbocycles. The van der Waals surface area contributed by atoms with Crippen molar-refractivity contribution in [2.24, 2.45) is 0 Å². The molecule has 1 fully saturated rings. The third-order valence-corrected chi connectivity index (χ3v) is 3.32. The van der Waals surface area contributed by atoms with Crippen molar-refractivity contribution in [1.82, 2.24) is 5.32 Å². The maximum atomic E-state index is 13.2. The van der Waals surface area contributed by atoms with Gasteiger partial charge in [0.15, 0.2) is 11.6 Å². The molecule has 1 N–H and O–H groups in total. The van der Waals surface area contributed by atoms with Crippen molar-refractivity contribution in [1.29, 1.82) is 0 Å². The molecule has 0 aromatic heterocycles. The van der Waals surface area contributed by atoms with Gasteiger partial charge >= 0.3 is 0 Å². The molecule has 2 rings (SSSR count). The van der Waals surface area contributed by atoms with E-state index in [1.165, 1.54) is 12.1 Å². The number of anilines is 1. The summed E-state index contributed by atoms with van der Waals surface area (Å²) in [6.07, 6.45) is 2.14. The summed E-state index contributed by atoms with van der Waals surface area (Å²) in [5.74, 6) is -1.56. The molecule has 0 saturated carbocycles. The van der Waals surface area contributed by atoms with Gasteiger partial charge in [0.25, 0.3) is 0 Å². The first-order valence-corrected chi connectivity index (χ1v) is 6.14. The summed E-state index contributed by atoms with van der Waals surface area (Å²) in [4.78, 5) is 2.10. The lowest BCUT2D eigenvalue weighted by Crippen LogP contribution is -2.30. The Bertz CT molecular complexity index is 382. The van der Waals surface area contributed by atoms with Crippen molar-refractivity contribution in [2.45, 2.75) is 25.8 Å². The Morgan fingerprint density at radius 1 is 1.29 bits per heavy atom. The Morgan fingerprint density at radius 2 is 2.12 bits per heavy atom. The van der Waals surface area contributed by atoms with Crippen molar-refractivity contribution in [3.05, 3.63) is 29.8 Å². The summed E-state index contributed by atoms with van der Waals surface area (Å²) >= 11 is 0. The number of hydrogen-bond donors (Lipinski definition) is 1. The van der Waals surface area contributed by atoms with Crippen LogP contribution in [0, 0.1) is 11.6 Å². The van der Waals surface area contributed by atoms with Gasteiger partial charge in [-0.3, -0.25) is 0 Å². The van der Waals surface area contributed by atoms with Crippen LogP contribution in [0.5, 0.6) is 0 Å². The zero-order valence-corrected chi connectivity index (χ0v) is 10.0. The third kappa shape index (κ3) is 2.94. The number of nitrogens with one attached hydrogen (secondary N) is 1. The first-order valence-electron chi connectivity index (χ1n) is 6.14. The van der Waals surface area contributed by atoms with E-state index in [0.717, 1.165) is 38.2 Å². The van der Waals surface area contributed by atoms with E-state index in [-0.39, 0.29) is 0 Å². The second kappa shape index (κ2) is 5.45. The van der Waals surface area contributed by atoms with Gasteiger partial charge in [-0.1, -0.05) is 6.92 Å². The van der Waals surface area contributed by atoms with Gasteiger partial charge in [0.1, 0.15) is 0 Å². The van der Waals surface area contributed by atoms with Crippen LogP contribution in [-0.4, -0.2) is 25.7 Å². The van der Waals surface area contributed by atoms with Gasteiger partial charge in [-0.05, 0) is 25.0 Å². The average Bonchev–Trinajstić information content (AvgIpc) is 2.58. The van der Waals surface area contributed by atoms with Crippen LogP contribution >= 0.6 is 0 Å². The Balaban J connectivity index is 2.08. The van der Waals surface area contributed by atoms with Crippen molar-refractivity contribution in [3.63, 3.8) is 0 Å². The monoisotopic (exact) mass is 240 g/mol. The molecule has 1 saturated heterocycles. The molecule has 1 heterocycles. The number of rotatable bonds is 2. The molecule has 0 amide bonds. The summed E-state index contributed by atoms with van der Waals surface area (Å²) in [6, 6.07) is 4.65. The maximum Gasteiger partial charge on any atom is 0.160 e. The standard InChI is InChI=1S/C13H18F2N2/c1-2-10-5-7-17(8-6-16-10)11-3-4-12(14)13(15)9-11/h3-4,9-10,16H,2,5-8H2,1H3. The van der Waals surface area contributed by atoms with E-state index in [1.807, 2.05) is 0 Å². The van der Waals surface area contributed by atoms with E-state index < -0.39 is 11.6 Å². The highest BCUT2D eigenvalue weighted by Gasteiger charge is 2.16. The molecule has 1 atom stereocenters. The lowest BCUT2D eigenvalue weighted by atomic mass is 10.1. The Kier molecular flexibility index (Phi) is 3.94. The number of hydrogen-bond acceptors (Lipinski definition) is 2. The summed E-state index contributed by atoms with van der Waals surface area (Å²) in [6.45, 7) is 4.76. The highest BCUT2D eigenvalue weighted by Crippen LogP contribution is 2.19. The van der Waals surface area contributed by atoms with Crippen LogP contribution in [0.1, 0.15) is 19.8 Å². The highest BCUT2D eigenvalue weighted by molar-refractivity contribution is 5.46. The van der Waals surface area contributed by atoms with Gasteiger partial charge < -0.3 is 10.2 Å². The zero-order valence-electron chi connectivity index (χ0n) is 10.0. The van der Waals surface area contributed by atoms with Gasteiger partial charge in [0.05, 0.1) is 0 Å². The van der Waals surface area contributed by atoms with Gasteiger partial charge in [-0.2, -0.15) is 0 Å². The SMILES string of the molecule is CCC1CCN(c2ccc(F)c(F)c2)CCN1. The number of benzene rings is 1. The fraction of sp³-hybridized carbons (Fsp3) is 0.538. The molecule has 1 unspecified atom stereocenters. The molecule has 94 valence electrons. The molecule has 2 nitrogen and oxygen atoms in total. The minimum atomic E-state index is -0.784. The van der Waals surface area contributed by atoms with Crippen molar-refractivity contribution < 1.29 is 8.78 Å². The summed E-state index contributed by atoms with van der Waals surface area (Å²) in [5, 5.41) is 3.45. The largest absolute Gasteiger partial charge is 0.370 e. The van der Waals surface area contributed by atoms with E-state index in [2.05, 4.69) is 17.1 Å². The predicted molar refractivity (Wildman–Crippen MR) is 65.3 cm³/mol. The lowest BCUT2D eigenvalue weighted by molar-refractivity contribution is 0.507. The van der Waals surface area contributed by atoms with E-state index >= 15 is 0 Å². The van der Waals surface area contributed by atoms with E-state index in [9.17, 15) is 8.78 Å². The number of halogens is 2. The van der Waals surface area contributed by atoms with Crippen LogP contribution in [-0.2, 0) is 0 Å². The van der Waals surface area contributed by atoms with Crippen LogP contribution < -0.4 is 10.2 Å². The second-order valence-electron chi connectivity index (χ2n) is 4.43. The van der Waals surface area contributed by atoms with Crippen molar-refractivity contribution >= 4 is 5.69 Å². The van der Waals surface area contributed by atoms with E-state index in [0.29, 0.717) is 6.04 Å². The van der Waals surface area contributed by atoms with E-state index in [1.54, 1.807) is 6.07 Å². The van der Waals surface area contributed by atoms with Crippen molar-refractivity contribution in [2.75, 3.05) is 24.5 Å². The summed E-state index contributed by atoms with van der Waals surface area (Å²) in [7, 11) is 0. The Labute approximate surface area is 101 Å². The van der Waals surface area contributed by atoms with Gasteiger partial charge in [0, 0.05) is 37.4 Å². The minimum absolute atomic E-state index is 0.533. The Morgan fingerprint density at radius 3 is 2.82 bits per heavy atom. The van der Waals surface area contributed by atoms with Gasteiger partial charge in [-0.15, -0.1) is 0 Å². The fourth-order valence-electron chi connectivity index (χ4n) is 2.22. The van der Waals surface area contributed by atoms with Gasteiger partial charge in [0.2, 0.25) is 0 Å². The van der Waals surface area contributed by atoms with Crippen LogP contribution in [0.25, 0.3) is 0 Å². The number of nitrogens with zero attached hydrogens (tertiary/aromatic N) is 1. The topological polar surface area (TPSA) is 15.3 Å². The van der Waals surface area contributed by atoms with Crippen LogP contribution in [0.15, 0.2) is 18.2 Å². The van der Waals surface area contributed by atoms with Crippen LogP contribution in [0.4, 0.5) is 14.5 Å². The van der Waals surface area contributed by atoms with Crippen LogP contribution in [0.3, 0.4) is 0 Å². The molecule has 4 heteroatoms. The molecule has 1 aliphatic rings. The molecule has 1 aromatic rings. The zero-order chi connectivity index (χ0) is 12.3. The molecule has 0 spiro atoms. The van der Waals surface area contributed by atoms with Gasteiger partial charge in [-0.25, -0.2) is 8.78 Å². The normalized spacial score (nSPS) is 21.4. The maximum absolute atomic E-state index is 13.2. The lowest BCUT2D eigenvalue weighted by Gasteiger charge is -2.22. The summed E-state index contributed by atoms with van der Waals surface area (Å²) in [5.41, 5.74) is 0.766. The molecular formula is C13H18F2N2. The third-order valence-electron chi connectivity index (χ3n) is 3.32. The molecular weight excluding hydrogens is 222 g/mol. The minimum Gasteiger partial charge on any atom is -0.370 e. The average molecular weight is 240 g/mol. The van der Waals surface area contributed by atoms with E-state index in [4.69, 9.17) is 0 Å². The van der Waals surface area contributed by atoms with Crippen molar-refractivity contribution in [3.8, 4) is 0 Å². The first-order chi connectivity index (χ1) is 8.20. The highest BCUT2D eigenvalue weighted by atomic mass is 19.2.